The molecule has 1 aromatic heterocycles. The van der Waals surface area contributed by atoms with Gasteiger partial charge in [-0.15, -0.1) is 0 Å². The van der Waals surface area contributed by atoms with Crippen LogP contribution in [0.2, 0.25) is 0 Å². The molecule has 0 saturated carbocycles. The highest BCUT2D eigenvalue weighted by Crippen LogP contribution is 2.33. The molecule has 3 rings (SSSR count). The van der Waals surface area contributed by atoms with E-state index in [1.54, 1.807) is 12.0 Å². The molecular formula is C14H15NO4. The lowest BCUT2D eigenvalue weighted by molar-refractivity contribution is 0.0281. The fourth-order valence-corrected chi connectivity index (χ4v) is 2.28. The predicted molar refractivity (Wildman–Crippen MR) is 69.5 cm³/mol. The zero-order valence-corrected chi connectivity index (χ0v) is 10.7. The number of morpholine rings is 1. The van der Waals surface area contributed by atoms with E-state index in [0.29, 0.717) is 37.6 Å². The van der Waals surface area contributed by atoms with Crippen molar-refractivity contribution in [2.75, 3.05) is 33.4 Å². The van der Waals surface area contributed by atoms with Crippen molar-refractivity contribution in [3.05, 3.63) is 30.0 Å². The molecule has 0 unspecified atom stereocenters. The van der Waals surface area contributed by atoms with Crippen LogP contribution in [0.3, 0.4) is 0 Å². The largest absolute Gasteiger partial charge is 0.492 e. The summed E-state index contributed by atoms with van der Waals surface area (Å²) < 4.78 is 16.2. The Balaban J connectivity index is 2.01. The molecule has 1 aromatic carbocycles. The number of hydrogen-bond donors (Lipinski definition) is 0. The molecule has 19 heavy (non-hydrogen) atoms. The van der Waals surface area contributed by atoms with Gasteiger partial charge in [-0.05, 0) is 12.1 Å². The summed E-state index contributed by atoms with van der Waals surface area (Å²) in [6.07, 6.45) is 0. The highest BCUT2D eigenvalue weighted by molar-refractivity contribution is 6.01. The van der Waals surface area contributed by atoms with Gasteiger partial charge in [0.15, 0.2) is 5.75 Å². The Hall–Kier alpha value is -2.01. The molecule has 5 heteroatoms. The van der Waals surface area contributed by atoms with Gasteiger partial charge in [-0.1, -0.05) is 12.1 Å². The molecule has 100 valence electrons. The van der Waals surface area contributed by atoms with E-state index in [0.717, 1.165) is 5.39 Å². The van der Waals surface area contributed by atoms with E-state index in [-0.39, 0.29) is 11.7 Å². The van der Waals surface area contributed by atoms with Crippen LogP contribution in [0, 0.1) is 0 Å². The first kappa shape index (κ1) is 12.0. The number of amides is 1. The zero-order chi connectivity index (χ0) is 13.2. The lowest BCUT2D eigenvalue weighted by Gasteiger charge is -2.26. The first-order valence-electron chi connectivity index (χ1n) is 6.24. The van der Waals surface area contributed by atoms with Gasteiger partial charge in [0.05, 0.1) is 25.7 Å². The topological polar surface area (TPSA) is 51.9 Å². The molecule has 1 saturated heterocycles. The van der Waals surface area contributed by atoms with E-state index in [1.165, 1.54) is 0 Å². The standard InChI is InChI=1S/C14H15NO4/c1-17-12-10-4-2-3-5-11(10)19-13(12)14(16)15-6-8-18-9-7-15/h2-5H,6-9H2,1H3. The Labute approximate surface area is 110 Å². The summed E-state index contributed by atoms with van der Waals surface area (Å²) >= 11 is 0. The van der Waals surface area contributed by atoms with Gasteiger partial charge in [0, 0.05) is 13.1 Å². The van der Waals surface area contributed by atoms with Crippen LogP contribution in [0.5, 0.6) is 5.75 Å². The average molecular weight is 261 g/mol. The maximum atomic E-state index is 12.4. The maximum absolute atomic E-state index is 12.4. The highest BCUT2D eigenvalue weighted by Gasteiger charge is 2.27. The van der Waals surface area contributed by atoms with Crippen LogP contribution in [0.15, 0.2) is 28.7 Å². The van der Waals surface area contributed by atoms with Crippen LogP contribution in [0.25, 0.3) is 11.0 Å². The second kappa shape index (κ2) is 4.93. The third-order valence-corrected chi connectivity index (χ3v) is 3.25. The highest BCUT2D eigenvalue weighted by atomic mass is 16.5. The molecule has 0 radical (unpaired) electrons. The van der Waals surface area contributed by atoms with Gasteiger partial charge >= 0.3 is 0 Å². The Morgan fingerprint density at radius 3 is 2.74 bits per heavy atom. The van der Waals surface area contributed by atoms with E-state index in [4.69, 9.17) is 13.9 Å². The molecule has 0 aliphatic carbocycles. The van der Waals surface area contributed by atoms with E-state index in [9.17, 15) is 4.79 Å². The summed E-state index contributed by atoms with van der Waals surface area (Å²) in [6, 6.07) is 7.47. The summed E-state index contributed by atoms with van der Waals surface area (Å²) in [5.74, 6) is 0.633. The van der Waals surface area contributed by atoms with Crippen LogP contribution in [0.4, 0.5) is 0 Å². The quantitative estimate of drug-likeness (QED) is 0.828. The number of carbonyl (C=O) groups excluding carboxylic acids is 1. The molecule has 0 atom stereocenters. The molecular weight excluding hydrogens is 246 g/mol. The summed E-state index contributed by atoms with van der Waals surface area (Å²) in [5, 5.41) is 0.821. The Kier molecular flexibility index (Phi) is 3.13. The monoisotopic (exact) mass is 261 g/mol. The summed E-state index contributed by atoms with van der Waals surface area (Å²) in [5.41, 5.74) is 0.663. The van der Waals surface area contributed by atoms with Gasteiger partial charge in [0.25, 0.3) is 5.91 Å². The lowest BCUT2D eigenvalue weighted by Crippen LogP contribution is -2.40. The Bertz CT molecular complexity index is 599. The number of methoxy groups -OCH3 is 1. The molecule has 2 heterocycles. The van der Waals surface area contributed by atoms with Crippen LogP contribution < -0.4 is 4.74 Å². The molecule has 2 aromatic rings. The number of benzene rings is 1. The second-order valence-corrected chi connectivity index (χ2v) is 4.37. The molecule has 1 amide bonds. The van der Waals surface area contributed by atoms with Gasteiger partial charge in [0.1, 0.15) is 5.58 Å². The molecule has 1 aliphatic heterocycles. The fraction of sp³-hybridized carbons (Fsp3) is 0.357. The third kappa shape index (κ3) is 2.06. The first-order valence-corrected chi connectivity index (χ1v) is 6.24. The van der Waals surface area contributed by atoms with Crippen LogP contribution >= 0.6 is 0 Å². The number of nitrogens with zero attached hydrogens (tertiary/aromatic N) is 1. The number of fused-ring (bicyclic) bond motifs is 1. The Morgan fingerprint density at radius 2 is 2.00 bits per heavy atom. The van der Waals surface area contributed by atoms with Gasteiger partial charge < -0.3 is 18.8 Å². The van der Waals surface area contributed by atoms with Crippen molar-refractivity contribution >= 4 is 16.9 Å². The fourth-order valence-electron chi connectivity index (χ4n) is 2.28. The number of furan rings is 1. The van der Waals surface area contributed by atoms with Crippen molar-refractivity contribution in [3.8, 4) is 5.75 Å². The van der Waals surface area contributed by atoms with Crippen molar-refractivity contribution in [2.24, 2.45) is 0 Å². The van der Waals surface area contributed by atoms with Crippen molar-refractivity contribution in [1.82, 2.24) is 4.90 Å². The zero-order valence-electron chi connectivity index (χ0n) is 10.7. The summed E-state index contributed by atoms with van der Waals surface area (Å²) in [4.78, 5) is 14.2. The number of carbonyl (C=O) groups is 1. The molecule has 0 N–H and O–H groups in total. The van der Waals surface area contributed by atoms with Gasteiger partial charge in [-0.3, -0.25) is 4.79 Å². The second-order valence-electron chi connectivity index (χ2n) is 4.37. The third-order valence-electron chi connectivity index (χ3n) is 3.25. The Morgan fingerprint density at radius 1 is 1.26 bits per heavy atom. The van der Waals surface area contributed by atoms with Gasteiger partial charge in [-0.25, -0.2) is 0 Å². The number of para-hydroxylation sites is 1. The minimum absolute atomic E-state index is 0.142. The SMILES string of the molecule is COc1c(C(=O)N2CCOCC2)oc2ccccc12. The molecule has 0 spiro atoms. The summed E-state index contributed by atoms with van der Waals surface area (Å²) in [7, 11) is 1.55. The normalized spacial score (nSPS) is 15.7. The number of rotatable bonds is 2. The van der Waals surface area contributed by atoms with Crippen LogP contribution in [-0.4, -0.2) is 44.2 Å². The molecule has 5 nitrogen and oxygen atoms in total. The molecule has 0 bridgehead atoms. The number of hydrogen-bond acceptors (Lipinski definition) is 4. The van der Waals surface area contributed by atoms with Gasteiger partial charge in [0.2, 0.25) is 5.76 Å². The van der Waals surface area contributed by atoms with Crippen molar-refractivity contribution < 1.29 is 18.7 Å². The summed E-state index contributed by atoms with van der Waals surface area (Å²) in [6.45, 7) is 2.29. The van der Waals surface area contributed by atoms with E-state index in [1.807, 2.05) is 24.3 Å². The minimum atomic E-state index is -0.142. The van der Waals surface area contributed by atoms with E-state index in [2.05, 4.69) is 0 Å². The van der Waals surface area contributed by atoms with E-state index >= 15 is 0 Å². The van der Waals surface area contributed by atoms with Crippen molar-refractivity contribution in [3.63, 3.8) is 0 Å². The van der Waals surface area contributed by atoms with E-state index < -0.39 is 0 Å². The first-order chi connectivity index (χ1) is 9.31. The van der Waals surface area contributed by atoms with Crippen LogP contribution in [-0.2, 0) is 4.74 Å². The van der Waals surface area contributed by atoms with Gasteiger partial charge in [-0.2, -0.15) is 0 Å². The molecule has 1 aliphatic rings. The van der Waals surface area contributed by atoms with Crippen molar-refractivity contribution in [1.29, 1.82) is 0 Å². The smallest absolute Gasteiger partial charge is 0.293 e. The number of ether oxygens (including phenoxy) is 2. The molecule has 1 fully saturated rings. The predicted octanol–water partition coefficient (Wildman–Crippen LogP) is 1.91. The maximum Gasteiger partial charge on any atom is 0.293 e. The minimum Gasteiger partial charge on any atom is -0.492 e. The van der Waals surface area contributed by atoms with Crippen molar-refractivity contribution in [2.45, 2.75) is 0 Å². The average Bonchev–Trinajstić information content (AvgIpc) is 2.85. The lowest BCUT2D eigenvalue weighted by atomic mass is 10.2. The van der Waals surface area contributed by atoms with Crippen LogP contribution in [0.1, 0.15) is 10.6 Å².